The van der Waals surface area contributed by atoms with Gasteiger partial charge in [0, 0.05) is 23.1 Å². The molecule has 0 fully saturated rings. The van der Waals surface area contributed by atoms with Crippen molar-refractivity contribution in [3.05, 3.63) is 94.6 Å². The molecule has 38 heavy (non-hydrogen) atoms. The first-order chi connectivity index (χ1) is 18.2. The number of phenolic OH excluding ortho intramolecular Hbond substituents is 1. The molecule has 3 aromatic rings. The molecule has 1 aliphatic heterocycles. The molecule has 2 aliphatic rings. The Hall–Kier alpha value is -4.21. The van der Waals surface area contributed by atoms with Gasteiger partial charge in [-0.2, -0.15) is 0 Å². The molecule has 0 bridgehead atoms. The first-order valence-corrected chi connectivity index (χ1v) is 14.2. The van der Waals surface area contributed by atoms with E-state index in [1.807, 2.05) is 0 Å². The second kappa shape index (κ2) is 10.3. The van der Waals surface area contributed by atoms with Crippen molar-refractivity contribution in [2.75, 3.05) is 10.6 Å². The van der Waals surface area contributed by atoms with Crippen LogP contribution in [-0.2, 0) is 0 Å². The Balaban J connectivity index is 1.54. The predicted octanol–water partition coefficient (Wildman–Crippen LogP) is 3.46. The van der Waals surface area contributed by atoms with Crippen LogP contribution in [0.5, 0.6) is 5.75 Å². The van der Waals surface area contributed by atoms with Crippen LogP contribution >= 0.6 is 12.2 Å². The standard InChI is InChI=1S/C27H19AsN2O7S/c31-17-6-9-20-23(12-17)37-24-13-18(32)7-10-21(24)25(20)19-8-5-16(11-22(19)26(33)34)30-27(38)29-15-3-1-14(2-4-15)28(35)36/h1-13,31,35-36H,(H,33,34)(H2,29,30,38). The third kappa shape index (κ3) is 5.11. The van der Waals surface area contributed by atoms with Crippen LogP contribution in [-0.4, -0.2) is 44.8 Å². The number of hydrogen-bond acceptors (Lipinski definition) is 7. The van der Waals surface area contributed by atoms with Gasteiger partial charge in [0.15, 0.2) is 5.43 Å². The third-order valence-corrected chi connectivity index (χ3v) is 7.61. The second-order valence-electron chi connectivity index (χ2n) is 8.30. The number of phenols is 1. The Bertz CT molecular complexity index is 1730. The molecular weight excluding hydrogens is 571 g/mol. The van der Waals surface area contributed by atoms with Gasteiger partial charge in [-0.3, -0.25) is 4.79 Å². The number of benzene rings is 4. The molecule has 6 N–H and O–H groups in total. The van der Waals surface area contributed by atoms with Gasteiger partial charge in [0.25, 0.3) is 0 Å². The maximum absolute atomic E-state index is 12.4. The van der Waals surface area contributed by atoms with Crippen molar-refractivity contribution in [3.63, 3.8) is 0 Å². The number of carboxylic acids is 1. The van der Waals surface area contributed by atoms with Gasteiger partial charge in [-0.1, -0.05) is 0 Å². The number of nitrogens with one attached hydrogen (secondary N) is 2. The van der Waals surface area contributed by atoms with Crippen LogP contribution in [0.15, 0.2) is 88.1 Å². The van der Waals surface area contributed by atoms with Crippen molar-refractivity contribution in [2.24, 2.45) is 0 Å². The van der Waals surface area contributed by atoms with Crippen LogP contribution in [0.3, 0.4) is 0 Å². The number of aromatic carboxylic acids is 1. The number of anilines is 2. The smallest absolute Gasteiger partial charge is 0.508 e. The summed E-state index contributed by atoms with van der Waals surface area (Å²) in [5.41, 5.74) is 2.52. The minimum atomic E-state index is -2.96. The minimum Gasteiger partial charge on any atom is -0.508 e. The zero-order valence-corrected chi connectivity index (χ0v) is 22.1. The summed E-state index contributed by atoms with van der Waals surface area (Å²) in [5.74, 6) is -0.948. The summed E-state index contributed by atoms with van der Waals surface area (Å²) in [5, 5.41) is 26.8. The van der Waals surface area contributed by atoms with Gasteiger partial charge in [-0.05, 0) is 24.3 Å². The normalized spacial score (nSPS) is 11.1. The number of rotatable bonds is 5. The van der Waals surface area contributed by atoms with Gasteiger partial charge in [-0.25, -0.2) is 0 Å². The summed E-state index contributed by atoms with van der Waals surface area (Å²) in [7, 11) is 0. The fourth-order valence-corrected chi connectivity index (χ4v) is 5.25. The third-order valence-electron chi connectivity index (χ3n) is 5.81. The van der Waals surface area contributed by atoms with Gasteiger partial charge in [0.2, 0.25) is 0 Å². The molecule has 3 aromatic carbocycles. The van der Waals surface area contributed by atoms with Crippen LogP contribution in [0.1, 0.15) is 10.4 Å². The fraction of sp³-hybridized carbons (Fsp3) is 0. The minimum absolute atomic E-state index is 0.0163. The molecule has 0 atom stereocenters. The summed E-state index contributed by atoms with van der Waals surface area (Å²) < 4.78 is 25.1. The summed E-state index contributed by atoms with van der Waals surface area (Å²) in [6.07, 6.45) is 0. The van der Waals surface area contributed by atoms with E-state index in [4.69, 9.17) is 16.6 Å². The fourth-order valence-electron chi connectivity index (χ4n) is 4.14. The monoisotopic (exact) mass is 590 g/mol. The van der Waals surface area contributed by atoms with E-state index in [2.05, 4.69) is 10.6 Å². The van der Waals surface area contributed by atoms with Gasteiger partial charge >= 0.3 is 142 Å². The van der Waals surface area contributed by atoms with E-state index in [0.29, 0.717) is 43.4 Å². The molecule has 0 spiro atoms. The first kappa shape index (κ1) is 25.4. The van der Waals surface area contributed by atoms with Crippen molar-refractivity contribution in [2.45, 2.75) is 0 Å². The van der Waals surface area contributed by atoms with E-state index in [1.54, 1.807) is 48.5 Å². The second-order valence-corrected chi connectivity index (χ2v) is 11.0. The van der Waals surface area contributed by atoms with Crippen LogP contribution in [0, 0.1) is 0 Å². The van der Waals surface area contributed by atoms with E-state index in [1.165, 1.54) is 30.3 Å². The van der Waals surface area contributed by atoms with Crippen molar-refractivity contribution in [1.29, 1.82) is 0 Å². The van der Waals surface area contributed by atoms with Gasteiger partial charge in [0.05, 0.1) is 0 Å². The van der Waals surface area contributed by atoms with E-state index in [0.717, 1.165) is 0 Å². The van der Waals surface area contributed by atoms with E-state index < -0.39 is 21.3 Å². The van der Waals surface area contributed by atoms with Gasteiger partial charge in [-0.15, -0.1) is 0 Å². The molecule has 11 heteroatoms. The number of thiocarbonyl (C=S) groups is 1. The topological polar surface area (TPSA) is 152 Å². The number of fused-ring (bicyclic) bond motifs is 2. The average Bonchev–Trinajstić information content (AvgIpc) is 2.87. The first-order valence-electron chi connectivity index (χ1n) is 11.1. The maximum atomic E-state index is 12.4. The van der Waals surface area contributed by atoms with Crippen LogP contribution in [0.2, 0.25) is 0 Å². The number of aromatic hydroxyl groups is 1. The summed E-state index contributed by atoms with van der Waals surface area (Å²) in [4.78, 5) is 24.3. The van der Waals surface area contributed by atoms with Gasteiger partial charge in [0.1, 0.15) is 17.1 Å². The number of hydrogen-bond donors (Lipinski definition) is 6. The van der Waals surface area contributed by atoms with Crippen LogP contribution in [0.4, 0.5) is 11.4 Å². The molecule has 0 amide bonds. The molecule has 5 rings (SSSR count). The molecule has 1 heterocycles. The summed E-state index contributed by atoms with van der Waals surface area (Å²) in [6, 6.07) is 20.1. The van der Waals surface area contributed by atoms with Crippen molar-refractivity contribution < 1.29 is 27.6 Å². The molecule has 1 aliphatic carbocycles. The van der Waals surface area contributed by atoms with Crippen LogP contribution in [0.25, 0.3) is 33.4 Å². The molecule has 0 aromatic heterocycles. The predicted molar refractivity (Wildman–Crippen MR) is 149 cm³/mol. The Morgan fingerprint density at radius 3 is 2.24 bits per heavy atom. The number of carbonyl (C=O) groups is 1. The quantitative estimate of drug-likeness (QED) is 0.102. The molecule has 9 nitrogen and oxygen atoms in total. The van der Waals surface area contributed by atoms with Crippen molar-refractivity contribution in [3.8, 4) is 28.2 Å². The molecular formula is C27H19AsN2O7S. The Labute approximate surface area is 225 Å². The van der Waals surface area contributed by atoms with E-state index >= 15 is 0 Å². The summed E-state index contributed by atoms with van der Waals surface area (Å²) >= 11 is 2.41. The zero-order chi connectivity index (χ0) is 27.0. The Morgan fingerprint density at radius 1 is 0.842 bits per heavy atom. The van der Waals surface area contributed by atoms with Gasteiger partial charge < -0.3 is 9.52 Å². The molecule has 0 radical (unpaired) electrons. The van der Waals surface area contributed by atoms with E-state index in [-0.39, 0.29) is 27.6 Å². The zero-order valence-electron chi connectivity index (χ0n) is 19.4. The Morgan fingerprint density at radius 2 is 1.53 bits per heavy atom. The average molecular weight is 590 g/mol. The number of carboxylic acid groups (broad SMARTS) is 1. The SMILES string of the molecule is O=C(O)c1cc(NC(=S)Nc2ccc([As](O)O)cc2)ccc1-c1c2ccc(=O)cc-2oc2cc(O)ccc12. The Kier molecular flexibility index (Phi) is 6.88. The van der Waals surface area contributed by atoms with Crippen molar-refractivity contribution in [1.82, 2.24) is 0 Å². The van der Waals surface area contributed by atoms with Crippen LogP contribution < -0.4 is 20.4 Å². The molecule has 0 unspecified atom stereocenters. The summed E-state index contributed by atoms with van der Waals surface area (Å²) in [6.45, 7) is 0. The van der Waals surface area contributed by atoms with E-state index in [9.17, 15) is 28.0 Å². The molecule has 0 saturated carbocycles. The van der Waals surface area contributed by atoms with Crippen molar-refractivity contribution >= 4 is 65.3 Å². The molecule has 0 saturated heterocycles. The molecule has 190 valence electrons.